The van der Waals surface area contributed by atoms with Gasteiger partial charge in [0.15, 0.2) is 0 Å². The van der Waals surface area contributed by atoms with E-state index in [1.54, 1.807) is 7.11 Å². The lowest BCUT2D eigenvalue weighted by atomic mass is 10.0. The summed E-state index contributed by atoms with van der Waals surface area (Å²) in [6, 6.07) is 8.18. The average molecular weight is 287 g/mol. The maximum Gasteiger partial charge on any atom is 0.231 e. The molecule has 1 aliphatic rings. The van der Waals surface area contributed by atoms with Crippen molar-refractivity contribution in [2.75, 3.05) is 13.7 Å². The van der Waals surface area contributed by atoms with Gasteiger partial charge in [0, 0.05) is 6.04 Å². The van der Waals surface area contributed by atoms with Crippen molar-refractivity contribution in [1.29, 1.82) is 0 Å². The second-order valence-electron chi connectivity index (χ2n) is 5.36. The third kappa shape index (κ3) is 2.78. The van der Waals surface area contributed by atoms with Gasteiger partial charge in [-0.25, -0.2) is 0 Å². The lowest BCUT2D eigenvalue weighted by molar-refractivity contribution is 0.332. The normalized spacial score (nSPS) is 21.6. The highest BCUT2D eigenvalue weighted by Gasteiger charge is 2.32. The van der Waals surface area contributed by atoms with Gasteiger partial charge in [0.25, 0.3) is 0 Å². The van der Waals surface area contributed by atoms with Crippen LogP contribution in [0.2, 0.25) is 0 Å². The molecular weight excluding hydrogens is 266 g/mol. The first-order valence-electron chi connectivity index (χ1n) is 7.54. The highest BCUT2D eigenvalue weighted by Crippen LogP contribution is 2.35. The van der Waals surface area contributed by atoms with E-state index in [1.165, 1.54) is 12.8 Å². The van der Waals surface area contributed by atoms with Crippen molar-refractivity contribution in [1.82, 2.24) is 15.5 Å². The summed E-state index contributed by atoms with van der Waals surface area (Å²) in [5.41, 5.74) is 0.869. The summed E-state index contributed by atoms with van der Waals surface area (Å²) in [6.45, 7) is 3.10. The molecule has 2 atom stereocenters. The fraction of sp³-hybridized carbons (Fsp3) is 0.500. The van der Waals surface area contributed by atoms with Gasteiger partial charge in [0.2, 0.25) is 11.7 Å². The zero-order valence-electron chi connectivity index (χ0n) is 12.5. The van der Waals surface area contributed by atoms with Crippen molar-refractivity contribution >= 4 is 0 Å². The number of rotatable bonds is 5. The van der Waals surface area contributed by atoms with E-state index < -0.39 is 0 Å². The van der Waals surface area contributed by atoms with Crippen LogP contribution in [0.1, 0.15) is 38.0 Å². The highest BCUT2D eigenvalue weighted by molar-refractivity contribution is 5.63. The first kappa shape index (κ1) is 14.1. The first-order chi connectivity index (χ1) is 10.3. The lowest BCUT2D eigenvalue weighted by Gasteiger charge is -2.16. The van der Waals surface area contributed by atoms with Crippen molar-refractivity contribution in [3.63, 3.8) is 0 Å². The Morgan fingerprint density at radius 1 is 1.33 bits per heavy atom. The summed E-state index contributed by atoms with van der Waals surface area (Å²) in [6.07, 6.45) is 3.48. The summed E-state index contributed by atoms with van der Waals surface area (Å²) >= 11 is 0. The molecule has 112 valence electrons. The molecule has 21 heavy (non-hydrogen) atoms. The fourth-order valence-corrected chi connectivity index (χ4v) is 3.09. The Hall–Kier alpha value is -1.88. The van der Waals surface area contributed by atoms with Crippen LogP contribution in [-0.4, -0.2) is 29.8 Å². The minimum atomic E-state index is 0.320. The zero-order chi connectivity index (χ0) is 14.7. The van der Waals surface area contributed by atoms with Gasteiger partial charge in [0.05, 0.1) is 18.6 Å². The summed E-state index contributed by atoms with van der Waals surface area (Å²) in [5, 5.41) is 7.65. The zero-order valence-corrected chi connectivity index (χ0v) is 12.5. The van der Waals surface area contributed by atoms with E-state index in [1.807, 2.05) is 24.3 Å². The molecule has 0 amide bonds. The molecule has 0 aliphatic heterocycles. The van der Waals surface area contributed by atoms with Crippen molar-refractivity contribution in [2.24, 2.45) is 0 Å². The van der Waals surface area contributed by atoms with E-state index >= 15 is 0 Å². The molecule has 0 radical (unpaired) electrons. The van der Waals surface area contributed by atoms with Crippen LogP contribution in [0, 0.1) is 0 Å². The van der Waals surface area contributed by atoms with E-state index in [2.05, 4.69) is 22.4 Å². The molecule has 1 saturated carbocycles. The first-order valence-corrected chi connectivity index (χ1v) is 7.54. The number of hydrogen-bond donors (Lipinski definition) is 1. The third-order valence-electron chi connectivity index (χ3n) is 4.09. The summed E-state index contributed by atoms with van der Waals surface area (Å²) in [5.74, 6) is 2.42. The van der Waals surface area contributed by atoms with Gasteiger partial charge in [0.1, 0.15) is 5.75 Å². The van der Waals surface area contributed by atoms with E-state index in [4.69, 9.17) is 9.26 Å². The molecular formula is C16H21N3O2. The van der Waals surface area contributed by atoms with Gasteiger partial charge in [-0.3, -0.25) is 0 Å². The number of para-hydroxylation sites is 1. The maximum absolute atomic E-state index is 5.52. The van der Waals surface area contributed by atoms with Crippen LogP contribution in [0.4, 0.5) is 0 Å². The van der Waals surface area contributed by atoms with E-state index in [-0.39, 0.29) is 0 Å². The molecule has 5 heteroatoms. The van der Waals surface area contributed by atoms with Gasteiger partial charge in [-0.2, -0.15) is 4.98 Å². The van der Waals surface area contributed by atoms with Crippen molar-refractivity contribution in [3.05, 3.63) is 30.2 Å². The summed E-state index contributed by atoms with van der Waals surface area (Å²) in [4.78, 5) is 4.61. The maximum atomic E-state index is 5.52. The second kappa shape index (κ2) is 6.26. The Bertz CT molecular complexity index is 597. The standard InChI is InChI=1S/C16H21N3O2/c1-3-17-13-9-6-8-11(13)16-18-15(19-21-16)12-7-4-5-10-14(12)20-2/h4-5,7,10-11,13,17H,3,6,8-9H2,1-2H3. The Balaban J connectivity index is 1.86. The molecule has 1 N–H and O–H groups in total. The predicted molar refractivity (Wildman–Crippen MR) is 80.3 cm³/mol. The van der Waals surface area contributed by atoms with Gasteiger partial charge >= 0.3 is 0 Å². The monoisotopic (exact) mass is 287 g/mol. The summed E-state index contributed by atoms with van der Waals surface area (Å²) < 4.78 is 10.9. The lowest BCUT2D eigenvalue weighted by Crippen LogP contribution is -2.31. The molecule has 2 unspecified atom stereocenters. The molecule has 2 aromatic rings. The Labute approximate surface area is 124 Å². The van der Waals surface area contributed by atoms with Crippen LogP contribution in [0.3, 0.4) is 0 Å². The quantitative estimate of drug-likeness (QED) is 0.916. The van der Waals surface area contributed by atoms with E-state index in [9.17, 15) is 0 Å². The number of benzene rings is 1. The van der Waals surface area contributed by atoms with E-state index in [0.717, 1.165) is 30.2 Å². The Morgan fingerprint density at radius 3 is 3.00 bits per heavy atom. The molecule has 0 saturated heterocycles. The smallest absolute Gasteiger partial charge is 0.231 e. The molecule has 0 bridgehead atoms. The molecule has 1 aromatic carbocycles. The topological polar surface area (TPSA) is 60.2 Å². The number of nitrogens with zero attached hydrogens (tertiary/aromatic N) is 2. The minimum Gasteiger partial charge on any atom is -0.496 e. The van der Waals surface area contributed by atoms with Crippen LogP contribution < -0.4 is 10.1 Å². The Morgan fingerprint density at radius 2 is 2.19 bits per heavy atom. The van der Waals surface area contributed by atoms with Gasteiger partial charge in [-0.05, 0) is 31.5 Å². The fourth-order valence-electron chi connectivity index (χ4n) is 3.09. The van der Waals surface area contributed by atoms with Crippen LogP contribution in [0.25, 0.3) is 11.4 Å². The number of hydrogen-bond acceptors (Lipinski definition) is 5. The van der Waals surface area contributed by atoms with Gasteiger partial charge in [-0.15, -0.1) is 0 Å². The molecule has 1 heterocycles. The predicted octanol–water partition coefficient (Wildman–Crippen LogP) is 2.99. The number of ether oxygens (including phenoxy) is 1. The average Bonchev–Trinajstić information content (AvgIpc) is 3.16. The van der Waals surface area contributed by atoms with Crippen LogP contribution in [0.15, 0.2) is 28.8 Å². The molecule has 3 rings (SSSR count). The largest absolute Gasteiger partial charge is 0.496 e. The van der Waals surface area contributed by atoms with Crippen LogP contribution >= 0.6 is 0 Å². The number of nitrogens with one attached hydrogen (secondary N) is 1. The van der Waals surface area contributed by atoms with Crippen molar-refractivity contribution < 1.29 is 9.26 Å². The molecule has 5 nitrogen and oxygen atoms in total. The molecule has 0 spiro atoms. The summed E-state index contributed by atoms with van der Waals surface area (Å²) in [7, 11) is 1.65. The van der Waals surface area contributed by atoms with E-state index in [0.29, 0.717) is 17.8 Å². The van der Waals surface area contributed by atoms with Crippen molar-refractivity contribution in [3.8, 4) is 17.1 Å². The number of methoxy groups -OCH3 is 1. The SMILES string of the molecule is CCNC1CCCC1c1nc(-c2ccccc2OC)no1. The van der Waals surface area contributed by atoms with Crippen LogP contribution in [0.5, 0.6) is 5.75 Å². The molecule has 1 aromatic heterocycles. The van der Waals surface area contributed by atoms with Gasteiger partial charge in [-0.1, -0.05) is 30.6 Å². The number of likely N-dealkylation sites (N-methyl/N-ethyl adjacent to an activating group) is 1. The number of aromatic nitrogens is 2. The van der Waals surface area contributed by atoms with Gasteiger partial charge < -0.3 is 14.6 Å². The van der Waals surface area contributed by atoms with Crippen molar-refractivity contribution in [2.45, 2.75) is 38.1 Å². The Kier molecular flexibility index (Phi) is 4.20. The molecule has 1 fully saturated rings. The second-order valence-corrected chi connectivity index (χ2v) is 5.36. The van der Waals surface area contributed by atoms with Crippen LogP contribution in [-0.2, 0) is 0 Å². The minimum absolute atomic E-state index is 0.320. The molecule has 1 aliphatic carbocycles. The highest BCUT2D eigenvalue weighted by atomic mass is 16.5. The third-order valence-corrected chi connectivity index (χ3v) is 4.09.